The average Bonchev–Trinajstić information content (AvgIpc) is 3.21. The number of anilines is 1. The van der Waals surface area contributed by atoms with E-state index in [4.69, 9.17) is 14.2 Å². The zero-order valence-electron chi connectivity index (χ0n) is 20.6. The molecule has 3 heterocycles. The maximum atomic E-state index is 12.9. The van der Waals surface area contributed by atoms with Crippen molar-refractivity contribution in [1.29, 1.82) is 0 Å². The van der Waals surface area contributed by atoms with Gasteiger partial charge in [0, 0.05) is 36.4 Å². The second-order valence-corrected chi connectivity index (χ2v) is 9.25. The highest BCUT2D eigenvalue weighted by Crippen LogP contribution is 2.34. The van der Waals surface area contributed by atoms with Gasteiger partial charge in [-0.3, -0.25) is 9.69 Å². The minimum atomic E-state index is -0.223. The predicted molar refractivity (Wildman–Crippen MR) is 131 cm³/mol. The van der Waals surface area contributed by atoms with Crippen LogP contribution < -0.4 is 19.7 Å². The summed E-state index contributed by atoms with van der Waals surface area (Å²) in [6, 6.07) is 10.9. The maximum Gasteiger partial charge on any atom is 0.245 e. The van der Waals surface area contributed by atoms with Crippen molar-refractivity contribution in [2.24, 2.45) is 0 Å². The molecule has 0 aliphatic carbocycles. The quantitative estimate of drug-likeness (QED) is 0.488. The van der Waals surface area contributed by atoms with Crippen LogP contribution in [0.4, 0.5) is 5.82 Å². The summed E-state index contributed by atoms with van der Waals surface area (Å²) in [6.45, 7) is 6.82. The van der Waals surface area contributed by atoms with Gasteiger partial charge in [0.25, 0.3) is 0 Å². The fourth-order valence-corrected chi connectivity index (χ4v) is 3.94. The summed E-state index contributed by atoms with van der Waals surface area (Å²) in [7, 11) is 3.11. The van der Waals surface area contributed by atoms with E-state index in [-0.39, 0.29) is 24.3 Å². The Balaban J connectivity index is 1.59. The Morgan fingerprint density at radius 2 is 1.89 bits per heavy atom. The number of rotatable bonds is 8. The van der Waals surface area contributed by atoms with Crippen LogP contribution in [0.1, 0.15) is 27.2 Å². The molecule has 1 fully saturated rings. The minimum Gasteiger partial charge on any atom is -0.480 e. The van der Waals surface area contributed by atoms with Gasteiger partial charge in [0.2, 0.25) is 11.8 Å². The number of ether oxygens (including phenoxy) is 3. The molecule has 4 rings (SSSR count). The molecule has 1 N–H and O–H groups in total. The molecule has 2 aromatic heterocycles. The maximum absolute atomic E-state index is 12.9. The van der Waals surface area contributed by atoms with Gasteiger partial charge in [0.1, 0.15) is 5.75 Å². The largest absolute Gasteiger partial charge is 0.480 e. The number of hydrogen-bond acceptors (Lipinski definition) is 9. The topological polar surface area (TPSA) is 112 Å². The van der Waals surface area contributed by atoms with Gasteiger partial charge in [-0.05, 0) is 57.0 Å². The molecule has 1 aliphatic heterocycles. The van der Waals surface area contributed by atoms with E-state index in [1.807, 2.05) is 51.1 Å². The first-order valence-electron chi connectivity index (χ1n) is 11.3. The van der Waals surface area contributed by atoms with Crippen LogP contribution in [0.5, 0.6) is 11.6 Å². The number of carbonyl (C=O) groups is 1. The molecule has 10 nitrogen and oxygen atoms in total. The first kappa shape index (κ1) is 24.5. The minimum absolute atomic E-state index is 0.0110. The summed E-state index contributed by atoms with van der Waals surface area (Å²) in [5, 5.41) is 20.0. The highest BCUT2D eigenvalue weighted by atomic mass is 16.7. The normalized spacial score (nSPS) is 16.0. The summed E-state index contributed by atoms with van der Waals surface area (Å²) in [6.07, 6.45) is 2.38. The number of nitrogens with zero attached hydrogens (tertiary/aromatic N) is 5. The van der Waals surface area contributed by atoms with Crippen molar-refractivity contribution in [2.75, 3.05) is 32.5 Å². The Hall–Kier alpha value is -3.63. The molecule has 3 aromatic rings. The SMILES string of the molecule is COCOc1cc(-c2cnnc(OC)c2)ccc1-c1ccc(N2CCC(NC(C)(C)C)C2=O)nn1. The van der Waals surface area contributed by atoms with Gasteiger partial charge < -0.3 is 19.5 Å². The molecule has 0 bridgehead atoms. The van der Waals surface area contributed by atoms with Crippen LogP contribution in [0.25, 0.3) is 22.4 Å². The third-order valence-electron chi connectivity index (χ3n) is 5.50. The fourth-order valence-electron chi connectivity index (χ4n) is 3.94. The Morgan fingerprint density at radius 1 is 1.06 bits per heavy atom. The van der Waals surface area contributed by atoms with E-state index < -0.39 is 0 Å². The molecule has 1 atom stereocenters. The zero-order chi connectivity index (χ0) is 25.0. The molecular formula is C25H30N6O4. The van der Waals surface area contributed by atoms with Crippen LogP contribution in [0.3, 0.4) is 0 Å². The van der Waals surface area contributed by atoms with Gasteiger partial charge in [-0.2, -0.15) is 5.10 Å². The molecule has 184 valence electrons. The Kier molecular flexibility index (Phi) is 7.23. The standard InChI is InChI=1S/C25H30N6O4/c1-25(2,3)27-20-10-11-31(24(20)32)22-9-8-19(28-29-22)18-7-6-16(12-21(18)35-15-33-4)17-13-23(34-5)30-26-14-17/h6-9,12-14,20,27H,10-11,15H2,1-5H3. The molecule has 0 spiro atoms. The zero-order valence-corrected chi connectivity index (χ0v) is 20.6. The van der Waals surface area contributed by atoms with E-state index in [1.54, 1.807) is 31.4 Å². The number of amides is 1. The lowest BCUT2D eigenvalue weighted by molar-refractivity contribution is -0.119. The number of hydrogen-bond donors (Lipinski definition) is 1. The lowest BCUT2D eigenvalue weighted by Crippen LogP contribution is -2.47. The van der Waals surface area contributed by atoms with Crippen LogP contribution in [-0.4, -0.2) is 65.4 Å². The molecule has 1 unspecified atom stereocenters. The number of carbonyl (C=O) groups excluding carboxylic acids is 1. The summed E-state index contributed by atoms with van der Waals surface area (Å²) < 4.78 is 16.1. The van der Waals surface area contributed by atoms with E-state index in [1.165, 1.54) is 0 Å². The molecule has 10 heteroatoms. The Labute approximate surface area is 204 Å². The van der Waals surface area contributed by atoms with Crippen LogP contribution in [0.15, 0.2) is 42.6 Å². The predicted octanol–water partition coefficient (Wildman–Crippen LogP) is 3.09. The Morgan fingerprint density at radius 3 is 2.57 bits per heavy atom. The second kappa shape index (κ2) is 10.3. The van der Waals surface area contributed by atoms with E-state index in [0.29, 0.717) is 29.7 Å². The third kappa shape index (κ3) is 5.72. The summed E-state index contributed by atoms with van der Waals surface area (Å²) in [5.74, 6) is 1.54. The van der Waals surface area contributed by atoms with Gasteiger partial charge in [0.15, 0.2) is 12.6 Å². The number of aromatic nitrogens is 4. The number of benzene rings is 1. The summed E-state index contributed by atoms with van der Waals surface area (Å²) >= 11 is 0. The van der Waals surface area contributed by atoms with Gasteiger partial charge in [-0.15, -0.1) is 15.3 Å². The first-order valence-corrected chi connectivity index (χ1v) is 11.3. The molecule has 1 aromatic carbocycles. The van der Waals surface area contributed by atoms with Crippen molar-refractivity contribution >= 4 is 11.7 Å². The fraction of sp³-hybridized carbons (Fsp3) is 0.400. The van der Waals surface area contributed by atoms with Crippen molar-refractivity contribution in [3.63, 3.8) is 0 Å². The first-order chi connectivity index (χ1) is 16.8. The van der Waals surface area contributed by atoms with Crippen molar-refractivity contribution in [1.82, 2.24) is 25.7 Å². The van der Waals surface area contributed by atoms with Crippen molar-refractivity contribution in [2.45, 2.75) is 38.8 Å². The van der Waals surface area contributed by atoms with Crippen LogP contribution in [0.2, 0.25) is 0 Å². The van der Waals surface area contributed by atoms with Crippen molar-refractivity contribution < 1.29 is 19.0 Å². The van der Waals surface area contributed by atoms with Crippen LogP contribution >= 0.6 is 0 Å². The number of nitrogens with one attached hydrogen (secondary N) is 1. The molecule has 1 amide bonds. The lowest BCUT2D eigenvalue weighted by Gasteiger charge is -2.25. The summed E-state index contributed by atoms with van der Waals surface area (Å²) in [4.78, 5) is 14.5. The van der Waals surface area contributed by atoms with Crippen LogP contribution in [0, 0.1) is 0 Å². The molecular weight excluding hydrogens is 448 g/mol. The lowest BCUT2D eigenvalue weighted by atomic mass is 10.0. The van der Waals surface area contributed by atoms with E-state index >= 15 is 0 Å². The van der Waals surface area contributed by atoms with Gasteiger partial charge >= 0.3 is 0 Å². The molecule has 1 aliphatic rings. The molecule has 35 heavy (non-hydrogen) atoms. The van der Waals surface area contributed by atoms with Gasteiger partial charge in [-0.1, -0.05) is 6.07 Å². The molecule has 0 saturated carbocycles. The highest BCUT2D eigenvalue weighted by molar-refractivity contribution is 5.98. The highest BCUT2D eigenvalue weighted by Gasteiger charge is 2.35. The number of methoxy groups -OCH3 is 2. The van der Waals surface area contributed by atoms with Crippen molar-refractivity contribution in [3.05, 3.63) is 42.6 Å². The van der Waals surface area contributed by atoms with Gasteiger partial charge in [-0.25, -0.2) is 0 Å². The third-order valence-corrected chi connectivity index (χ3v) is 5.50. The van der Waals surface area contributed by atoms with Crippen molar-refractivity contribution in [3.8, 4) is 34.0 Å². The van der Waals surface area contributed by atoms with E-state index in [2.05, 4.69) is 25.7 Å². The molecule has 1 saturated heterocycles. The second-order valence-electron chi connectivity index (χ2n) is 9.25. The Bertz CT molecular complexity index is 1180. The smallest absolute Gasteiger partial charge is 0.245 e. The molecule has 0 radical (unpaired) electrons. The monoisotopic (exact) mass is 478 g/mol. The van der Waals surface area contributed by atoms with Crippen LogP contribution in [-0.2, 0) is 9.53 Å². The van der Waals surface area contributed by atoms with E-state index in [9.17, 15) is 4.79 Å². The van der Waals surface area contributed by atoms with Gasteiger partial charge in [0.05, 0.1) is 25.0 Å². The van der Waals surface area contributed by atoms with E-state index in [0.717, 1.165) is 23.1 Å². The average molecular weight is 479 g/mol. The summed E-state index contributed by atoms with van der Waals surface area (Å²) in [5.41, 5.74) is 2.93.